The molecule has 20 heavy (non-hydrogen) atoms. The zero-order chi connectivity index (χ0) is 14.1. The van der Waals surface area contributed by atoms with Crippen molar-refractivity contribution in [3.05, 3.63) is 35.9 Å². The van der Waals surface area contributed by atoms with Crippen LogP contribution in [0.1, 0.15) is 28.2 Å². The van der Waals surface area contributed by atoms with Crippen molar-refractivity contribution in [2.24, 2.45) is 7.05 Å². The number of carbonyl (C=O) groups excluding carboxylic acids is 1. The van der Waals surface area contributed by atoms with Gasteiger partial charge in [0.2, 0.25) is 0 Å². The third-order valence-corrected chi connectivity index (χ3v) is 3.44. The first-order valence-corrected chi connectivity index (χ1v) is 6.54. The van der Waals surface area contributed by atoms with Crippen molar-refractivity contribution in [1.29, 1.82) is 0 Å². The second-order valence-corrected chi connectivity index (χ2v) is 4.90. The van der Waals surface area contributed by atoms with Crippen molar-refractivity contribution in [1.82, 2.24) is 24.4 Å². The lowest BCUT2D eigenvalue weighted by Crippen LogP contribution is -2.44. The van der Waals surface area contributed by atoms with E-state index >= 15 is 0 Å². The fourth-order valence-electron chi connectivity index (χ4n) is 2.38. The molecule has 0 spiro atoms. The summed E-state index contributed by atoms with van der Waals surface area (Å²) in [7, 11) is 1.81. The van der Waals surface area contributed by atoms with Crippen molar-refractivity contribution in [3.8, 4) is 0 Å². The highest BCUT2D eigenvalue weighted by atomic mass is 16.5. The molecule has 2 aromatic rings. The molecule has 106 valence electrons. The highest BCUT2D eigenvalue weighted by molar-refractivity contribution is 5.91. The molecule has 7 nitrogen and oxygen atoms in total. The number of imidazole rings is 2. The Bertz CT molecular complexity index is 618. The molecule has 1 aliphatic rings. The number of ether oxygens (including phenoxy) is 1. The van der Waals surface area contributed by atoms with E-state index in [4.69, 9.17) is 4.74 Å². The number of amides is 1. The summed E-state index contributed by atoms with van der Waals surface area (Å²) in [5.41, 5.74) is 0.968. The monoisotopic (exact) mass is 275 g/mol. The Kier molecular flexibility index (Phi) is 3.27. The molecular weight excluding hydrogens is 258 g/mol. The number of hydrogen-bond donors (Lipinski definition) is 1. The van der Waals surface area contributed by atoms with Gasteiger partial charge in [-0.15, -0.1) is 0 Å². The minimum atomic E-state index is -0.193. The van der Waals surface area contributed by atoms with Crippen LogP contribution in [0.3, 0.4) is 0 Å². The van der Waals surface area contributed by atoms with E-state index in [1.807, 2.05) is 14.0 Å². The van der Waals surface area contributed by atoms with Gasteiger partial charge in [0.05, 0.1) is 13.2 Å². The number of aromatic amines is 1. The van der Waals surface area contributed by atoms with Gasteiger partial charge >= 0.3 is 0 Å². The Hall–Kier alpha value is -2.15. The van der Waals surface area contributed by atoms with Gasteiger partial charge in [0.25, 0.3) is 5.91 Å². The topological polar surface area (TPSA) is 76.0 Å². The van der Waals surface area contributed by atoms with Gasteiger partial charge < -0.3 is 19.2 Å². The van der Waals surface area contributed by atoms with Crippen LogP contribution in [-0.4, -0.2) is 50.1 Å². The maximum atomic E-state index is 12.6. The Morgan fingerprint density at radius 3 is 3.00 bits per heavy atom. The van der Waals surface area contributed by atoms with Gasteiger partial charge in [-0.25, -0.2) is 9.97 Å². The Morgan fingerprint density at radius 2 is 2.35 bits per heavy atom. The van der Waals surface area contributed by atoms with E-state index in [1.165, 1.54) is 0 Å². The molecule has 1 N–H and O–H groups in total. The van der Waals surface area contributed by atoms with E-state index in [0.717, 1.165) is 11.5 Å². The first kappa shape index (κ1) is 12.9. The largest absolute Gasteiger partial charge is 0.377 e. The number of aryl methyl sites for hydroxylation is 2. The van der Waals surface area contributed by atoms with E-state index in [1.54, 1.807) is 28.1 Å². The van der Waals surface area contributed by atoms with E-state index in [2.05, 4.69) is 15.0 Å². The SMILES string of the molecule is Cc1cnc(C2COCCN2C(=O)c2nccn2C)[nH]1. The molecule has 3 rings (SSSR count). The van der Waals surface area contributed by atoms with Gasteiger partial charge in [-0.05, 0) is 6.92 Å². The molecule has 0 bridgehead atoms. The van der Waals surface area contributed by atoms with E-state index in [0.29, 0.717) is 25.6 Å². The molecular formula is C13H17N5O2. The third-order valence-electron chi connectivity index (χ3n) is 3.44. The second kappa shape index (κ2) is 5.09. The lowest BCUT2D eigenvalue weighted by atomic mass is 10.2. The molecule has 1 saturated heterocycles. The maximum absolute atomic E-state index is 12.6. The quantitative estimate of drug-likeness (QED) is 0.873. The van der Waals surface area contributed by atoms with Crippen molar-refractivity contribution in [3.63, 3.8) is 0 Å². The maximum Gasteiger partial charge on any atom is 0.290 e. The van der Waals surface area contributed by atoms with Crippen LogP contribution >= 0.6 is 0 Å². The fourth-order valence-corrected chi connectivity index (χ4v) is 2.38. The molecule has 2 aromatic heterocycles. The van der Waals surface area contributed by atoms with Crippen molar-refractivity contribution >= 4 is 5.91 Å². The lowest BCUT2D eigenvalue weighted by Gasteiger charge is -2.34. The molecule has 0 saturated carbocycles. The number of nitrogens with zero attached hydrogens (tertiary/aromatic N) is 4. The molecule has 1 amide bonds. The molecule has 3 heterocycles. The van der Waals surface area contributed by atoms with Gasteiger partial charge in [-0.2, -0.15) is 0 Å². The molecule has 1 atom stereocenters. The number of hydrogen-bond acceptors (Lipinski definition) is 4. The number of carbonyl (C=O) groups is 1. The Labute approximate surface area is 116 Å². The molecule has 1 unspecified atom stereocenters. The van der Waals surface area contributed by atoms with Crippen LogP contribution in [0.2, 0.25) is 0 Å². The highest BCUT2D eigenvalue weighted by Gasteiger charge is 2.32. The number of nitrogens with one attached hydrogen (secondary N) is 1. The van der Waals surface area contributed by atoms with Crippen LogP contribution in [0.4, 0.5) is 0 Å². The molecule has 1 fully saturated rings. The summed E-state index contributed by atoms with van der Waals surface area (Å²) in [5.74, 6) is 1.09. The van der Waals surface area contributed by atoms with E-state index in [-0.39, 0.29) is 11.9 Å². The summed E-state index contributed by atoms with van der Waals surface area (Å²) in [5, 5.41) is 0. The van der Waals surface area contributed by atoms with Gasteiger partial charge in [0.1, 0.15) is 11.9 Å². The number of rotatable bonds is 2. The fraction of sp³-hybridized carbons (Fsp3) is 0.462. The summed E-state index contributed by atoms with van der Waals surface area (Å²) in [6.07, 6.45) is 5.15. The van der Waals surface area contributed by atoms with Crippen LogP contribution in [0.15, 0.2) is 18.6 Å². The lowest BCUT2D eigenvalue weighted by molar-refractivity contribution is -0.00582. The summed E-state index contributed by atoms with van der Waals surface area (Å²) in [6, 6.07) is -0.193. The number of H-pyrrole nitrogens is 1. The molecule has 0 aromatic carbocycles. The van der Waals surface area contributed by atoms with E-state index < -0.39 is 0 Å². The van der Waals surface area contributed by atoms with Crippen molar-refractivity contribution in [2.75, 3.05) is 19.8 Å². The second-order valence-electron chi connectivity index (χ2n) is 4.90. The minimum absolute atomic E-state index is 0.0974. The zero-order valence-corrected chi connectivity index (χ0v) is 11.5. The van der Waals surface area contributed by atoms with Crippen LogP contribution in [0.5, 0.6) is 0 Å². The first-order chi connectivity index (χ1) is 9.66. The van der Waals surface area contributed by atoms with Gasteiger partial charge in [-0.1, -0.05) is 0 Å². The summed E-state index contributed by atoms with van der Waals surface area (Å²) >= 11 is 0. The molecule has 0 radical (unpaired) electrons. The average Bonchev–Trinajstić information content (AvgIpc) is 3.07. The highest BCUT2D eigenvalue weighted by Crippen LogP contribution is 2.23. The Morgan fingerprint density at radius 1 is 1.50 bits per heavy atom. The predicted octanol–water partition coefficient (Wildman–Crippen LogP) is 0.665. The molecule has 1 aliphatic heterocycles. The average molecular weight is 275 g/mol. The van der Waals surface area contributed by atoms with Crippen LogP contribution in [0.25, 0.3) is 0 Å². The summed E-state index contributed by atoms with van der Waals surface area (Å²) in [6.45, 7) is 3.46. The summed E-state index contributed by atoms with van der Waals surface area (Å²) in [4.78, 5) is 26.0. The molecule has 7 heteroatoms. The smallest absolute Gasteiger partial charge is 0.290 e. The predicted molar refractivity (Wildman–Crippen MR) is 71.1 cm³/mol. The Balaban J connectivity index is 1.89. The molecule has 0 aliphatic carbocycles. The summed E-state index contributed by atoms with van der Waals surface area (Å²) < 4.78 is 7.22. The van der Waals surface area contributed by atoms with Crippen LogP contribution < -0.4 is 0 Å². The van der Waals surface area contributed by atoms with Crippen molar-refractivity contribution < 1.29 is 9.53 Å². The van der Waals surface area contributed by atoms with Gasteiger partial charge in [0, 0.05) is 37.9 Å². The van der Waals surface area contributed by atoms with Gasteiger partial charge in [0.15, 0.2) is 5.82 Å². The van der Waals surface area contributed by atoms with Crippen LogP contribution in [-0.2, 0) is 11.8 Å². The minimum Gasteiger partial charge on any atom is -0.377 e. The normalized spacial score (nSPS) is 19.3. The van der Waals surface area contributed by atoms with E-state index in [9.17, 15) is 4.79 Å². The van der Waals surface area contributed by atoms with Crippen LogP contribution in [0, 0.1) is 6.92 Å². The number of morpholine rings is 1. The zero-order valence-electron chi connectivity index (χ0n) is 11.5. The standard InChI is InChI=1S/C13H17N5O2/c1-9-7-15-11(16-9)10-8-20-6-5-18(10)13(19)12-14-3-4-17(12)2/h3-4,7,10H,5-6,8H2,1-2H3,(H,15,16). The third kappa shape index (κ3) is 2.20. The van der Waals surface area contributed by atoms with Gasteiger partial charge in [-0.3, -0.25) is 4.79 Å². The van der Waals surface area contributed by atoms with Crippen molar-refractivity contribution in [2.45, 2.75) is 13.0 Å². The number of aromatic nitrogens is 4. The first-order valence-electron chi connectivity index (χ1n) is 6.54.